The first kappa shape index (κ1) is 30.3. The molecule has 0 aliphatic carbocycles. The second-order valence-electron chi connectivity index (χ2n) is 10.1. The van der Waals surface area contributed by atoms with Crippen LogP contribution in [0.5, 0.6) is 5.75 Å². The number of halogens is 2. The van der Waals surface area contributed by atoms with Crippen LogP contribution in [-0.4, -0.2) is 70.6 Å². The Labute approximate surface area is 254 Å². The molecule has 2 amide bonds. The SMILES string of the molecule is CC(C(=O)NC(CN1CCOCC1)c1ccc(-c2ccc(S(N)(=O)=O)cc2)cc1)N1C(=O)COc2cc(Cl)c(Cl)cc21. The first-order valence-corrected chi connectivity index (χ1v) is 15.6. The summed E-state index contributed by atoms with van der Waals surface area (Å²) >= 11 is 12.4. The third-order valence-corrected chi connectivity index (χ3v) is 8.99. The molecule has 1 fully saturated rings. The van der Waals surface area contributed by atoms with E-state index in [0.29, 0.717) is 31.2 Å². The normalized spacial score (nSPS) is 17.2. The van der Waals surface area contributed by atoms with E-state index in [4.69, 9.17) is 37.8 Å². The Balaban J connectivity index is 1.38. The molecule has 3 N–H and O–H groups in total. The molecule has 2 unspecified atom stereocenters. The minimum atomic E-state index is -3.78. The lowest BCUT2D eigenvalue weighted by Crippen LogP contribution is -2.53. The van der Waals surface area contributed by atoms with Gasteiger partial charge in [-0.05, 0) is 41.8 Å². The van der Waals surface area contributed by atoms with Gasteiger partial charge in [-0.2, -0.15) is 0 Å². The average Bonchev–Trinajstić information content (AvgIpc) is 2.97. The minimum absolute atomic E-state index is 0.0389. The number of amides is 2. The first-order chi connectivity index (χ1) is 20.0. The summed E-state index contributed by atoms with van der Waals surface area (Å²) in [6.07, 6.45) is 0. The molecule has 0 radical (unpaired) electrons. The zero-order chi connectivity index (χ0) is 30.0. The van der Waals surface area contributed by atoms with E-state index < -0.39 is 16.1 Å². The molecule has 0 spiro atoms. The molecule has 0 saturated carbocycles. The Morgan fingerprint density at radius 2 is 1.60 bits per heavy atom. The number of carbonyl (C=O) groups is 2. The summed E-state index contributed by atoms with van der Waals surface area (Å²) in [6.45, 7) is 4.64. The van der Waals surface area contributed by atoms with Crippen LogP contribution in [0.2, 0.25) is 10.0 Å². The Hall–Kier alpha value is -3.19. The number of nitrogens with one attached hydrogen (secondary N) is 1. The molecule has 10 nitrogen and oxygen atoms in total. The van der Waals surface area contributed by atoms with E-state index in [-0.39, 0.29) is 39.4 Å². The van der Waals surface area contributed by atoms with Gasteiger partial charge in [0.1, 0.15) is 11.8 Å². The second-order valence-corrected chi connectivity index (χ2v) is 12.5. The van der Waals surface area contributed by atoms with Gasteiger partial charge in [0.2, 0.25) is 15.9 Å². The van der Waals surface area contributed by atoms with Crippen LogP contribution in [0.3, 0.4) is 0 Å². The van der Waals surface area contributed by atoms with Gasteiger partial charge in [-0.3, -0.25) is 19.4 Å². The molecule has 1 saturated heterocycles. The number of ether oxygens (including phenoxy) is 2. The summed E-state index contributed by atoms with van der Waals surface area (Å²) in [5.74, 6) is -0.338. The molecular weight excluding hydrogens is 603 g/mol. The van der Waals surface area contributed by atoms with Crippen molar-refractivity contribution in [3.05, 3.63) is 76.3 Å². The lowest BCUT2D eigenvalue weighted by Gasteiger charge is -2.35. The highest BCUT2D eigenvalue weighted by molar-refractivity contribution is 7.89. The van der Waals surface area contributed by atoms with Gasteiger partial charge in [0.05, 0.1) is 39.9 Å². The van der Waals surface area contributed by atoms with Crippen molar-refractivity contribution in [1.82, 2.24) is 10.2 Å². The topological polar surface area (TPSA) is 131 Å². The summed E-state index contributed by atoms with van der Waals surface area (Å²) in [4.78, 5) is 30.2. The van der Waals surface area contributed by atoms with E-state index in [9.17, 15) is 18.0 Å². The number of anilines is 1. The fraction of sp³-hybridized carbons (Fsp3) is 0.310. The number of morpholine rings is 1. The zero-order valence-corrected chi connectivity index (χ0v) is 25.1. The predicted octanol–water partition coefficient (Wildman–Crippen LogP) is 3.61. The predicted molar refractivity (Wildman–Crippen MR) is 160 cm³/mol. The summed E-state index contributed by atoms with van der Waals surface area (Å²) < 4.78 is 34.2. The number of nitrogens with zero attached hydrogens (tertiary/aromatic N) is 2. The van der Waals surface area contributed by atoms with Crippen molar-refractivity contribution >= 4 is 50.7 Å². The zero-order valence-electron chi connectivity index (χ0n) is 22.8. The maximum Gasteiger partial charge on any atom is 0.265 e. The number of hydrogen-bond donors (Lipinski definition) is 2. The second kappa shape index (κ2) is 12.6. The van der Waals surface area contributed by atoms with Gasteiger partial charge >= 0.3 is 0 Å². The Kier molecular flexibility index (Phi) is 9.07. The standard InChI is InChI=1S/C29H30Cl2N4O6S/c1-18(35-26-14-23(30)24(31)15-27(26)41-17-28(35)36)29(37)33-25(16-34-10-12-40-13-11-34)21-4-2-19(3-5-21)20-6-8-22(9-7-20)42(32,38)39/h2-9,14-15,18,25H,10-13,16-17H2,1H3,(H,33,37)(H2,32,38,39). The lowest BCUT2D eigenvalue weighted by molar-refractivity contribution is -0.128. The van der Waals surface area contributed by atoms with Gasteiger partial charge in [-0.25, -0.2) is 13.6 Å². The van der Waals surface area contributed by atoms with Crippen molar-refractivity contribution in [3.8, 4) is 16.9 Å². The number of carbonyl (C=O) groups excluding carboxylic acids is 2. The molecule has 2 heterocycles. The van der Waals surface area contributed by atoms with E-state index >= 15 is 0 Å². The fourth-order valence-electron chi connectivity index (χ4n) is 5.02. The smallest absolute Gasteiger partial charge is 0.265 e. The van der Waals surface area contributed by atoms with Gasteiger partial charge in [-0.1, -0.05) is 59.6 Å². The lowest BCUT2D eigenvalue weighted by atomic mass is 10.00. The highest BCUT2D eigenvalue weighted by Gasteiger charge is 2.35. The van der Waals surface area contributed by atoms with E-state index in [1.807, 2.05) is 24.3 Å². The quantitative estimate of drug-likeness (QED) is 0.388. The summed E-state index contributed by atoms with van der Waals surface area (Å²) in [6, 6.07) is 15.8. The number of hydrogen-bond acceptors (Lipinski definition) is 7. The molecular formula is C29H30Cl2N4O6S. The molecule has 5 rings (SSSR count). The van der Waals surface area contributed by atoms with Crippen LogP contribution in [0.15, 0.2) is 65.6 Å². The number of rotatable bonds is 8. The number of benzene rings is 3. The van der Waals surface area contributed by atoms with E-state index in [0.717, 1.165) is 29.8 Å². The monoisotopic (exact) mass is 632 g/mol. The number of nitrogens with two attached hydrogens (primary N) is 1. The largest absolute Gasteiger partial charge is 0.482 e. The number of primary sulfonamides is 1. The highest BCUT2D eigenvalue weighted by atomic mass is 35.5. The van der Waals surface area contributed by atoms with Gasteiger partial charge in [0.15, 0.2) is 6.61 Å². The third kappa shape index (κ3) is 6.72. The Morgan fingerprint density at radius 1 is 1.00 bits per heavy atom. The van der Waals surface area contributed by atoms with Gasteiger partial charge in [0.25, 0.3) is 5.91 Å². The van der Waals surface area contributed by atoms with Crippen LogP contribution in [-0.2, 0) is 24.3 Å². The minimum Gasteiger partial charge on any atom is -0.482 e. The van der Waals surface area contributed by atoms with Gasteiger partial charge < -0.3 is 14.8 Å². The maximum atomic E-state index is 13.7. The first-order valence-electron chi connectivity index (χ1n) is 13.3. The molecule has 3 aromatic rings. The Bertz CT molecular complexity index is 1580. The van der Waals surface area contributed by atoms with Crippen LogP contribution >= 0.6 is 23.2 Å². The average molecular weight is 634 g/mol. The van der Waals surface area contributed by atoms with Crippen molar-refractivity contribution in [1.29, 1.82) is 0 Å². The number of fused-ring (bicyclic) bond motifs is 1. The van der Waals surface area contributed by atoms with Crippen LogP contribution in [0, 0.1) is 0 Å². The van der Waals surface area contributed by atoms with Crippen molar-refractivity contribution in [3.63, 3.8) is 0 Å². The fourth-order valence-corrected chi connectivity index (χ4v) is 5.85. The molecule has 3 aromatic carbocycles. The van der Waals surface area contributed by atoms with Crippen LogP contribution in [0.25, 0.3) is 11.1 Å². The van der Waals surface area contributed by atoms with Crippen molar-refractivity contribution < 1.29 is 27.5 Å². The van der Waals surface area contributed by atoms with Crippen LogP contribution < -0.4 is 20.1 Å². The molecule has 0 bridgehead atoms. The van der Waals surface area contributed by atoms with Gasteiger partial charge in [0, 0.05) is 25.7 Å². The molecule has 2 aliphatic heterocycles. The molecule has 222 valence electrons. The molecule has 2 atom stereocenters. The van der Waals surface area contributed by atoms with Crippen molar-refractivity contribution in [2.75, 3.05) is 44.4 Å². The third-order valence-electron chi connectivity index (χ3n) is 7.34. The summed E-state index contributed by atoms with van der Waals surface area (Å²) in [7, 11) is -3.78. The molecule has 42 heavy (non-hydrogen) atoms. The maximum absolute atomic E-state index is 13.7. The van der Waals surface area contributed by atoms with E-state index in [1.54, 1.807) is 19.1 Å². The highest BCUT2D eigenvalue weighted by Crippen LogP contribution is 2.39. The molecule has 2 aliphatic rings. The van der Waals surface area contributed by atoms with Crippen molar-refractivity contribution in [2.24, 2.45) is 5.14 Å². The van der Waals surface area contributed by atoms with Gasteiger partial charge in [-0.15, -0.1) is 0 Å². The Morgan fingerprint density at radius 3 is 2.21 bits per heavy atom. The van der Waals surface area contributed by atoms with Crippen LogP contribution in [0.1, 0.15) is 18.5 Å². The molecule has 13 heteroatoms. The van der Waals surface area contributed by atoms with E-state index in [2.05, 4.69) is 10.2 Å². The number of sulfonamides is 1. The summed E-state index contributed by atoms with van der Waals surface area (Å²) in [5, 5.41) is 8.89. The van der Waals surface area contributed by atoms with E-state index in [1.165, 1.54) is 29.2 Å². The molecule has 0 aromatic heterocycles. The summed E-state index contributed by atoms with van der Waals surface area (Å²) in [5.41, 5.74) is 2.94. The van der Waals surface area contributed by atoms with Crippen molar-refractivity contribution in [2.45, 2.75) is 23.9 Å². The van der Waals surface area contributed by atoms with Crippen LogP contribution in [0.4, 0.5) is 5.69 Å².